The van der Waals surface area contributed by atoms with E-state index in [9.17, 15) is 4.79 Å². The van der Waals surface area contributed by atoms with Crippen LogP contribution in [0.1, 0.15) is 18.1 Å². The molecule has 0 heterocycles. The molecule has 0 saturated carbocycles. The van der Waals surface area contributed by atoms with Crippen molar-refractivity contribution in [2.45, 2.75) is 20.4 Å². The van der Waals surface area contributed by atoms with Crippen LogP contribution >= 0.6 is 0 Å². The van der Waals surface area contributed by atoms with Crippen molar-refractivity contribution >= 4 is 5.97 Å². The maximum absolute atomic E-state index is 11.1. The fourth-order valence-electron chi connectivity index (χ4n) is 1.78. The topological polar surface area (TPSA) is 38.8 Å². The molecule has 4 heteroatoms. The third-order valence-corrected chi connectivity index (χ3v) is 2.68. The van der Waals surface area contributed by atoms with Crippen molar-refractivity contribution in [2.24, 2.45) is 0 Å². The Hall–Kier alpha value is -1.39. The number of carbonyl (C=O) groups excluding carboxylic acids is 1. The van der Waals surface area contributed by atoms with Crippen LogP contribution in [0.15, 0.2) is 24.3 Å². The van der Waals surface area contributed by atoms with Gasteiger partial charge in [0.15, 0.2) is 0 Å². The second kappa shape index (κ2) is 8.67. The van der Waals surface area contributed by atoms with Gasteiger partial charge in [0.1, 0.15) is 6.61 Å². The molecule has 19 heavy (non-hydrogen) atoms. The lowest BCUT2D eigenvalue weighted by atomic mass is 10.1. The summed E-state index contributed by atoms with van der Waals surface area (Å²) < 4.78 is 10.0. The van der Waals surface area contributed by atoms with Gasteiger partial charge in [0.2, 0.25) is 0 Å². The average Bonchev–Trinajstić information content (AvgIpc) is 2.35. The van der Waals surface area contributed by atoms with Crippen LogP contribution in [0.5, 0.6) is 0 Å². The molecule has 0 N–H and O–H groups in total. The average molecular weight is 265 g/mol. The molecule has 0 aliphatic heterocycles. The zero-order valence-electron chi connectivity index (χ0n) is 12.0. The molecular formula is C15H23NO3. The summed E-state index contributed by atoms with van der Waals surface area (Å²) in [6, 6.07) is 8.45. The maximum Gasteiger partial charge on any atom is 0.332 e. The molecule has 0 unspecified atom stereocenters. The molecule has 0 radical (unpaired) electrons. The van der Waals surface area contributed by atoms with Crippen LogP contribution in [-0.4, -0.2) is 44.3 Å². The van der Waals surface area contributed by atoms with Crippen LogP contribution in [0.3, 0.4) is 0 Å². The number of ether oxygens (including phenoxy) is 2. The van der Waals surface area contributed by atoms with Gasteiger partial charge in [0, 0.05) is 13.1 Å². The first-order valence-corrected chi connectivity index (χ1v) is 6.59. The highest BCUT2D eigenvalue weighted by molar-refractivity contribution is 5.70. The Labute approximate surface area is 115 Å². The molecule has 0 aliphatic rings. The van der Waals surface area contributed by atoms with Crippen LogP contribution in [0.4, 0.5) is 0 Å². The maximum atomic E-state index is 11.1. The number of hydrogen-bond acceptors (Lipinski definition) is 4. The van der Waals surface area contributed by atoms with E-state index in [0.717, 1.165) is 13.1 Å². The van der Waals surface area contributed by atoms with Gasteiger partial charge >= 0.3 is 5.97 Å². The van der Waals surface area contributed by atoms with Gasteiger partial charge in [0.05, 0.1) is 13.2 Å². The van der Waals surface area contributed by atoms with Gasteiger partial charge in [-0.05, 0) is 26.5 Å². The summed E-state index contributed by atoms with van der Waals surface area (Å²) in [5.74, 6) is -0.302. The van der Waals surface area contributed by atoms with Gasteiger partial charge in [-0.1, -0.05) is 29.8 Å². The molecule has 0 fully saturated rings. The van der Waals surface area contributed by atoms with Crippen molar-refractivity contribution < 1.29 is 14.3 Å². The van der Waals surface area contributed by atoms with E-state index in [0.29, 0.717) is 13.2 Å². The first-order chi connectivity index (χ1) is 9.11. The van der Waals surface area contributed by atoms with E-state index in [1.165, 1.54) is 11.1 Å². The molecule has 0 aliphatic carbocycles. The number of nitrogens with zero attached hydrogens (tertiary/aromatic N) is 1. The lowest BCUT2D eigenvalue weighted by Crippen LogP contribution is -2.24. The highest BCUT2D eigenvalue weighted by Gasteiger charge is 2.03. The number of carbonyl (C=O) groups is 1. The molecular weight excluding hydrogens is 242 g/mol. The predicted octanol–water partition coefficient (Wildman–Crippen LogP) is 2.01. The largest absolute Gasteiger partial charge is 0.464 e. The molecule has 0 saturated heterocycles. The zero-order valence-corrected chi connectivity index (χ0v) is 12.0. The van der Waals surface area contributed by atoms with Gasteiger partial charge in [-0.2, -0.15) is 0 Å². The lowest BCUT2D eigenvalue weighted by Gasteiger charge is -2.16. The summed E-state index contributed by atoms with van der Waals surface area (Å²) in [6.07, 6.45) is 0. The van der Waals surface area contributed by atoms with E-state index in [-0.39, 0.29) is 12.6 Å². The Bertz CT molecular complexity index is 393. The molecule has 1 rings (SSSR count). The first kappa shape index (κ1) is 15.7. The van der Waals surface area contributed by atoms with E-state index in [2.05, 4.69) is 36.1 Å². The summed E-state index contributed by atoms with van der Waals surface area (Å²) in [5.41, 5.74) is 2.55. The second-order valence-electron chi connectivity index (χ2n) is 4.58. The zero-order chi connectivity index (χ0) is 14.1. The highest BCUT2D eigenvalue weighted by Crippen LogP contribution is 2.06. The quantitative estimate of drug-likeness (QED) is 0.532. The standard InChI is InChI=1S/C15H23NO3/c1-4-19-15(17)12-18-9-8-16(3)11-14-7-5-6-13(2)10-14/h5-7,10H,4,8-9,11-12H2,1-3H3. The minimum atomic E-state index is -0.302. The van der Waals surface area contributed by atoms with E-state index in [1.54, 1.807) is 6.92 Å². The van der Waals surface area contributed by atoms with E-state index in [1.807, 2.05) is 7.05 Å². The van der Waals surface area contributed by atoms with E-state index in [4.69, 9.17) is 9.47 Å². The van der Waals surface area contributed by atoms with Gasteiger partial charge in [0.25, 0.3) is 0 Å². The number of hydrogen-bond donors (Lipinski definition) is 0. The Balaban J connectivity index is 2.18. The Morgan fingerprint density at radius 2 is 2.16 bits per heavy atom. The minimum Gasteiger partial charge on any atom is -0.464 e. The molecule has 0 spiro atoms. The number of rotatable bonds is 8. The van der Waals surface area contributed by atoms with Crippen molar-refractivity contribution in [3.63, 3.8) is 0 Å². The van der Waals surface area contributed by atoms with Crippen molar-refractivity contribution in [3.8, 4) is 0 Å². The third kappa shape index (κ3) is 6.94. The smallest absolute Gasteiger partial charge is 0.332 e. The molecule has 0 atom stereocenters. The summed E-state index contributed by atoms with van der Waals surface area (Å²) in [4.78, 5) is 13.2. The molecule has 106 valence electrons. The van der Waals surface area contributed by atoms with Crippen LogP contribution in [-0.2, 0) is 20.8 Å². The van der Waals surface area contributed by atoms with Crippen LogP contribution < -0.4 is 0 Å². The third-order valence-electron chi connectivity index (χ3n) is 2.68. The minimum absolute atomic E-state index is 0.0339. The van der Waals surface area contributed by atoms with Gasteiger partial charge < -0.3 is 9.47 Å². The second-order valence-corrected chi connectivity index (χ2v) is 4.58. The summed E-state index contributed by atoms with van der Waals surface area (Å²) in [7, 11) is 2.04. The van der Waals surface area contributed by atoms with E-state index >= 15 is 0 Å². The Morgan fingerprint density at radius 3 is 2.84 bits per heavy atom. The van der Waals surface area contributed by atoms with Crippen molar-refractivity contribution in [2.75, 3.05) is 33.4 Å². The number of aryl methyl sites for hydroxylation is 1. The fraction of sp³-hybridized carbons (Fsp3) is 0.533. The number of esters is 1. The first-order valence-electron chi connectivity index (χ1n) is 6.59. The van der Waals surface area contributed by atoms with Crippen LogP contribution in [0.2, 0.25) is 0 Å². The normalized spacial score (nSPS) is 10.7. The van der Waals surface area contributed by atoms with Crippen LogP contribution in [0.25, 0.3) is 0 Å². The number of benzene rings is 1. The monoisotopic (exact) mass is 265 g/mol. The van der Waals surface area contributed by atoms with Crippen LogP contribution in [0, 0.1) is 6.92 Å². The summed E-state index contributed by atoms with van der Waals surface area (Å²) in [6.45, 7) is 6.50. The predicted molar refractivity (Wildman–Crippen MR) is 75.0 cm³/mol. The Morgan fingerprint density at radius 1 is 1.37 bits per heavy atom. The molecule has 1 aromatic rings. The van der Waals surface area contributed by atoms with Gasteiger partial charge in [-0.25, -0.2) is 4.79 Å². The van der Waals surface area contributed by atoms with Crippen molar-refractivity contribution in [1.82, 2.24) is 4.90 Å². The molecule has 1 aromatic carbocycles. The number of likely N-dealkylation sites (N-methyl/N-ethyl adjacent to an activating group) is 1. The molecule has 4 nitrogen and oxygen atoms in total. The van der Waals surface area contributed by atoms with Crippen molar-refractivity contribution in [1.29, 1.82) is 0 Å². The fourth-order valence-corrected chi connectivity index (χ4v) is 1.78. The van der Waals surface area contributed by atoms with Gasteiger partial charge in [-0.15, -0.1) is 0 Å². The van der Waals surface area contributed by atoms with Crippen molar-refractivity contribution in [3.05, 3.63) is 35.4 Å². The molecule has 0 bridgehead atoms. The SMILES string of the molecule is CCOC(=O)COCCN(C)Cc1cccc(C)c1. The summed E-state index contributed by atoms with van der Waals surface area (Å²) in [5, 5.41) is 0. The van der Waals surface area contributed by atoms with E-state index < -0.39 is 0 Å². The molecule has 0 aromatic heterocycles. The van der Waals surface area contributed by atoms with Gasteiger partial charge in [-0.3, -0.25) is 4.90 Å². The summed E-state index contributed by atoms with van der Waals surface area (Å²) >= 11 is 0. The Kier molecular flexibility index (Phi) is 7.15. The highest BCUT2D eigenvalue weighted by atomic mass is 16.6. The lowest BCUT2D eigenvalue weighted by molar-refractivity contribution is -0.148. The molecule has 0 amide bonds.